The fourth-order valence-corrected chi connectivity index (χ4v) is 13.6. The summed E-state index contributed by atoms with van der Waals surface area (Å²) >= 11 is 2.05. The van der Waals surface area contributed by atoms with Gasteiger partial charge in [0.25, 0.3) is 6.71 Å². The van der Waals surface area contributed by atoms with Crippen molar-refractivity contribution in [3.05, 3.63) is 245 Å². The van der Waals surface area contributed by atoms with Gasteiger partial charge in [0, 0.05) is 43.7 Å². The third-order valence-corrected chi connectivity index (χ3v) is 16.1. The van der Waals surface area contributed by atoms with Gasteiger partial charge in [0.15, 0.2) is 0 Å². The van der Waals surface area contributed by atoms with Crippen molar-refractivity contribution in [3.8, 4) is 44.5 Å². The molecule has 2 nitrogen and oxygen atoms in total. The topological polar surface area (TPSA) is 6.48 Å². The molecule has 0 radical (unpaired) electrons. The van der Waals surface area contributed by atoms with Crippen molar-refractivity contribution in [2.45, 2.75) is 19.3 Å². The number of benzene rings is 9. The molecule has 1 spiro atoms. The maximum Gasteiger partial charge on any atom is 0.264 e. The molecule has 0 N–H and O–H groups in total. The van der Waals surface area contributed by atoms with E-state index in [-0.39, 0.29) is 6.71 Å². The summed E-state index contributed by atoms with van der Waals surface area (Å²) in [6.07, 6.45) is 0. The Hall–Kier alpha value is -7.66. The Bertz CT molecular complexity index is 3550. The molecule has 65 heavy (non-hydrogen) atoms. The van der Waals surface area contributed by atoms with Gasteiger partial charge in [-0.15, -0.1) is 11.3 Å². The molecule has 1 aromatic heterocycles. The molecule has 9 aromatic carbocycles. The Labute approximate surface area is 384 Å². The second-order valence-electron chi connectivity index (χ2n) is 18.0. The van der Waals surface area contributed by atoms with E-state index in [4.69, 9.17) is 0 Å². The molecule has 10 aromatic rings. The molecule has 0 fully saturated rings. The highest BCUT2D eigenvalue weighted by atomic mass is 32.1. The number of hydrogen-bond donors (Lipinski definition) is 0. The van der Waals surface area contributed by atoms with Gasteiger partial charge in [-0.2, -0.15) is 0 Å². The maximum absolute atomic E-state index is 2.60. The highest BCUT2D eigenvalue weighted by Crippen LogP contribution is 2.66. The van der Waals surface area contributed by atoms with E-state index in [0.29, 0.717) is 0 Å². The van der Waals surface area contributed by atoms with Gasteiger partial charge in [-0.1, -0.05) is 170 Å². The van der Waals surface area contributed by atoms with Crippen LogP contribution in [0.15, 0.2) is 212 Å². The predicted molar refractivity (Wildman–Crippen MR) is 275 cm³/mol. The standard InChI is InChI=1S/C61H41BN2S/c1-38-35-47(40-19-6-3-7-20-40)48(36-39(38)2)41-33-34-52-55(37-41)63(42-21-8-4-9-22-42)53-31-18-32-54-57(53)62(52)60-58(64(54)43-23-10-5-11-24-43)56-46-27-14-17-30-51(46)61(59(56)65-60)49-28-15-12-25-44(49)45-26-13-16-29-50(45)61/h3-37H,1-2H3. The molecule has 0 bridgehead atoms. The molecule has 0 unspecified atom stereocenters. The lowest BCUT2D eigenvalue weighted by molar-refractivity contribution is 0.811. The SMILES string of the molecule is Cc1cc(-c2ccccc2)c(-c2ccc3c(c2)N(c2ccccc2)c2cccc4c2B3c2sc3c(c2N4c2ccccc2)-c2ccccc2C32c3ccccc3-c3ccccc32)cc1C. The second kappa shape index (κ2) is 13.7. The Morgan fingerprint density at radius 3 is 1.55 bits per heavy atom. The van der Waals surface area contributed by atoms with E-state index in [0.717, 1.165) is 5.69 Å². The number of anilines is 6. The molecule has 0 saturated heterocycles. The van der Waals surface area contributed by atoms with Crippen LogP contribution in [0, 0.1) is 13.8 Å². The van der Waals surface area contributed by atoms with E-state index >= 15 is 0 Å². The molecule has 0 atom stereocenters. The van der Waals surface area contributed by atoms with Gasteiger partial charge in [0.1, 0.15) is 0 Å². The zero-order valence-corrected chi connectivity index (χ0v) is 36.9. The van der Waals surface area contributed by atoms with Crippen molar-refractivity contribution in [2.24, 2.45) is 0 Å². The Morgan fingerprint density at radius 1 is 0.415 bits per heavy atom. The number of thiophene rings is 1. The summed E-state index contributed by atoms with van der Waals surface area (Å²) in [4.78, 5) is 6.56. The highest BCUT2D eigenvalue weighted by molar-refractivity contribution is 7.30. The van der Waals surface area contributed by atoms with Crippen molar-refractivity contribution in [1.82, 2.24) is 0 Å². The molecular weight excluding hydrogens is 804 g/mol. The van der Waals surface area contributed by atoms with Crippen LogP contribution in [0.1, 0.15) is 32.7 Å². The van der Waals surface area contributed by atoms with E-state index < -0.39 is 5.41 Å². The van der Waals surface area contributed by atoms with Crippen LogP contribution in [-0.4, -0.2) is 6.71 Å². The number of para-hydroxylation sites is 2. The first-order valence-electron chi connectivity index (χ1n) is 22.7. The van der Waals surface area contributed by atoms with Gasteiger partial charge in [0.2, 0.25) is 0 Å². The van der Waals surface area contributed by atoms with Crippen LogP contribution in [0.3, 0.4) is 0 Å². The van der Waals surface area contributed by atoms with Gasteiger partial charge in [-0.05, 0) is 134 Å². The minimum atomic E-state index is -0.437. The highest BCUT2D eigenvalue weighted by Gasteiger charge is 2.56. The summed E-state index contributed by atoms with van der Waals surface area (Å²) in [7, 11) is 0. The molecule has 14 rings (SSSR count). The van der Waals surface area contributed by atoms with Gasteiger partial charge in [-0.3, -0.25) is 0 Å². The second-order valence-corrected chi connectivity index (χ2v) is 19.1. The largest absolute Gasteiger partial charge is 0.311 e. The third-order valence-electron chi connectivity index (χ3n) is 14.8. The van der Waals surface area contributed by atoms with E-state index in [1.807, 2.05) is 11.3 Å². The third kappa shape index (κ3) is 4.90. The summed E-state index contributed by atoms with van der Waals surface area (Å²) in [5.41, 5.74) is 26.6. The molecule has 304 valence electrons. The smallest absolute Gasteiger partial charge is 0.264 e. The van der Waals surface area contributed by atoms with Crippen molar-refractivity contribution < 1.29 is 0 Å². The summed E-state index contributed by atoms with van der Waals surface area (Å²) in [5.74, 6) is 0. The number of hydrogen-bond acceptors (Lipinski definition) is 3. The molecule has 3 heterocycles. The molecule has 0 amide bonds. The summed E-state index contributed by atoms with van der Waals surface area (Å²) in [5, 5.41) is 0. The van der Waals surface area contributed by atoms with Crippen molar-refractivity contribution in [2.75, 3.05) is 9.80 Å². The van der Waals surface area contributed by atoms with Gasteiger partial charge >= 0.3 is 0 Å². The lowest BCUT2D eigenvalue weighted by Gasteiger charge is -2.43. The van der Waals surface area contributed by atoms with Crippen LogP contribution >= 0.6 is 11.3 Å². The van der Waals surface area contributed by atoms with Crippen LogP contribution < -0.4 is 25.5 Å². The van der Waals surface area contributed by atoms with Crippen LogP contribution in [0.25, 0.3) is 44.5 Å². The molecule has 2 aliphatic carbocycles. The maximum atomic E-state index is 2.60. The predicted octanol–water partition coefficient (Wildman–Crippen LogP) is 14.1. The minimum absolute atomic E-state index is 0.000208. The van der Waals surface area contributed by atoms with Crippen molar-refractivity contribution in [3.63, 3.8) is 0 Å². The first-order valence-corrected chi connectivity index (χ1v) is 23.5. The average Bonchev–Trinajstić information content (AvgIpc) is 3.99. The quantitative estimate of drug-likeness (QED) is 0.163. The Morgan fingerprint density at radius 2 is 0.923 bits per heavy atom. The van der Waals surface area contributed by atoms with Crippen molar-refractivity contribution >= 4 is 67.9 Å². The normalized spacial score (nSPS) is 14.0. The Balaban J connectivity index is 1.09. The lowest BCUT2D eigenvalue weighted by atomic mass is 9.36. The first-order chi connectivity index (χ1) is 32.1. The van der Waals surface area contributed by atoms with E-state index in [1.165, 1.54) is 121 Å². The van der Waals surface area contributed by atoms with Crippen LogP contribution in [0.4, 0.5) is 34.1 Å². The zero-order valence-electron chi connectivity index (χ0n) is 36.1. The van der Waals surface area contributed by atoms with E-state index in [2.05, 4.69) is 236 Å². The lowest BCUT2D eigenvalue weighted by Crippen LogP contribution is -2.60. The molecule has 0 saturated carbocycles. The molecule has 2 aliphatic heterocycles. The first kappa shape index (κ1) is 36.8. The van der Waals surface area contributed by atoms with Crippen LogP contribution in [0.5, 0.6) is 0 Å². The van der Waals surface area contributed by atoms with Crippen LogP contribution in [-0.2, 0) is 5.41 Å². The summed E-state index contributed by atoms with van der Waals surface area (Å²) < 4.78 is 1.40. The Kier molecular flexibility index (Phi) is 7.74. The molecular formula is C61H41BN2S. The van der Waals surface area contributed by atoms with Gasteiger partial charge < -0.3 is 9.80 Å². The summed E-state index contributed by atoms with van der Waals surface area (Å²) in [6.45, 7) is 4.47. The molecule has 4 heteroatoms. The fraction of sp³-hybridized carbons (Fsp3) is 0.0492. The average molecular weight is 845 g/mol. The summed E-state index contributed by atoms with van der Waals surface area (Å²) in [6, 6.07) is 79.7. The number of nitrogens with zero attached hydrogens (tertiary/aromatic N) is 2. The van der Waals surface area contributed by atoms with Gasteiger partial charge in [-0.25, -0.2) is 0 Å². The van der Waals surface area contributed by atoms with Gasteiger partial charge in [0.05, 0.1) is 11.1 Å². The van der Waals surface area contributed by atoms with E-state index in [1.54, 1.807) is 0 Å². The molecule has 4 aliphatic rings. The van der Waals surface area contributed by atoms with Crippen LogP contribution in [0.2, 0.25) is 0 Å². The zero-order chi connectivity index (χ0) is 43.0. The number of aryl methyl sites for hydroxylation is 2. The van der Waals surface area contributed by atoms with Crippen molar-refractivity contribution in [1.29, 1.82) is 0 Å². The number of rotatable bonds is 4. The van der Waals surface area contributed by atoms with E-state index in [9.17, 15) is 0 Å². The fourth-order valence-electron chi connectivity index (χ4n) is 12.0. The minimum Gasteiger partial charge on any atom is -0.311 e. The number of fused-ring (bicyclic) bond motifs is 15. The monoisotopic (exact) mass is 844 g/mol.